The Kier molecular flexibility index (Phi) is 8.00. The number of nitrogens with one attached hydrogen (secondary N) is 1. The lowest BCUT2D eigenvalue weighted by Gasteiger charge is -2.37. The first-order valence-electron chi connectivity index (χ1n) is 11.7. The SMILES string of the molecule is CCNC(=O)c1cccc(CSc2nc(CC)cc(N3CCN(c4ccccc4F)CC3)n2)c1. The zero-order valence-electron chi connectivity index (χ0n) is 19.6. The molecule has 1 aliphatic rings. The first kappa shape index (κ1) is 24.0. The first-order chi connectivity index (χ1) is 16.6. The van der Waals surface area contributed by atoms with Crippen molar-refractivity contribution in [2.45, 2.75) is 31.2 Å². The van der Waals surface area contributed by atoms with Gasteiger partial charge in [-0.05, 0) is 43.2 Å². The van der Waals surface area contributed by atoms with Gasteiger partial charge in [0.25, 0.3) is 5.91 Å². The molecule has 0 unspecified atom stereocenters. The lowest BCUT2D eigenvalue weighted by atomic mass is 10.1. The Morgan fingerprint density at radius 2 is 1.76 bits per heavy atom. The minimum Gasteiger partial charge on any atom is -0.366 e. The maximum Gasteiger partial charge on any atom is 0.251 e. The van der Waals surface area contributed by atoms with Crippen molar-refractivity contribution in [1.82, 2.24) is 15.3 Å². The second kappa shape index (κ2) is 11.3. The van der Waals surface area contributed by atoms with E-state index in [0.717, 1.165) is 54.8 Å². The number of rotatable bonds is 8. The van der Waals surface area contributed by atoms with Gasteiger partial charge in [0.05, 0.1) is 5.69 Å². The number of benzene rings is 2. The molecular weight excluding hydrogens is 449 g/mol. The van der Waals surface area contributed by atoms with E-state index in [2.05, 4.69) is 28.1 Å². The van der Waals surface area contributed by atoms with Gasteiger partial charge in [-0.2, -0.15) is 0 Å². The molecule has 0 aliphatic carbocycles. The van der Waals surface area contributed by atoms with Crippen LogP contribution in [0.25, 0.3) is 0 Å². The largest absolute Gasteiger partial charge is 0.366 e. The van der Waals surface area contributed by atoms with Crippen LogP contribution in [0.3, 0.4) is 0 Å². The topological polar surface area (TPSA) is 61.4 Å². The van der Waals surface area contributed by atoms with Crippen LogP contribution < -0.4 is 15.1 Å². The minimum atomic E-state index is -0.179. The molecular formula is C26H30FN5OS. The lowest BCUT2D eigenvalue weighted by Crippen LogP contribution is -2.47. The molecule has 8 heteroatoms. The summed E-state index contributed by atoms with van der Waals surface area (Å²) in [7, 11) is 0. The summed E-state index contributed by atoms with van der Waals surface area (Å²) in [5, 5.41) is 3.57. The number of hydrogen-bond acceptors (Lipinski definition) is 6. The quantitative estimate of drug-likeness (QED) is 0.378. The standard InChI is InChI=1S/C26H30FN5OS/c1-3-21-17-24(32-14-12-31(13-15-32)23-11-6-5-10-22(23)27)30-26(29-21)34-18-19-8-7-9-20(16-19)25(33)28-4-2/h5-11,16-17H,3-4,12-15,18H2,1-2H3,(H,28,33). The maximum absolute atomic E-state index is 14.2. The van der Waals surface area contributed by atoms with Crippen LogP contribution in [0.5, 0.6) is 0 Å². The van der Waals surface area contributed by atoms with E-state index in [9.17, 15) is 9.18 Å². The van der Waals surface area contributed by atoms with E-state index < -0.39 is 0 Å². The summed E-state index contributed by atoms with van der Waals surface area (Å²) in [4.78, 5) is 26.0. The van der Waals surface area contributed by atoms with E-state index in [1.54, 1.807) is 17.8 Å². The Morgan fingerprint density at radius 3 is 2.50 bits per heavy atom. The van der Waals surface area contributed by atoms with E-state index in [-0.39, 0.29) is 11.7 Å². The highest BCUT2D eigenvalue weighted by Gasteiger charge is 2.21. The third-order valence-electron chi connectivity index (χ3n) is 5.80. The minimum absolute atomic E-state index is 0.0598. The van der Waals surface area contributed by atoms with Gasteiger partial charge in [0, 0.05) is 55.8 Å². The fourth-order valence-electron chi connectivity index (χ4n) is 3.96. The van der Waals surface area contributed by atoms with Gasteiger partial charge in [0.1, 0.15) is 11.6 Å². The van der Waals surface area contributed by atoms with Crippen molar-refractivity contribution < 1.29 is 9.18 Å². The van der Waals surface area contributed by atoms with Crippen LogP contribution in [-0.2, 0) is 12.2 Å². The number of anilines is 2. The third-order valence-corrected chi connectivity index (χ3v) is 6.72. The molecule has 4 rings (SSSR count). The molecule has 2 aromatic carbocycles. The number of carbonyl (C=O) groups is 1. The van der Waals surface area contributed by atoms with E-state index in [1.807, 2.05) is 43.3 Å². The second-order valence-corrected chi connectivity index (χ2v) is 9.07. The number of aromatic nitrogens is 2. The monoisotopic (exact) mass is 479 g/mol. The van der Waals surface area contributed by atoms with Gasteiger partial charge in [-0.1, -0.05) is 43.0 Å². The predicted octanol–water partition coefficient (Wildman–Crippen LogP) is 4.55. The van der Waals surface area contributed by atoms with Crippen LogP contribution in [0.1, 0.15) is 35.5 Å². The van der Waals surface area contributed by atoms with Gasteiger partial charge >= 0.3 is 0 Å². The van der Waals surface area contributed by atoms with Crippen molar-refractivity contribution in [2.75, 3.05) is 42.5 Å². The van der Waals surface area contributed by atoms with Crippen LogP contribution in [0.4, 0.5) is 15.9 Å². The zero-order chi connectivity index (χ0) is 23.9. The average Bonchev–Trinajstić information content (AvgIpc) is 2.88. The number of para-hydroxylation sites is 1. The van der Waals surface area contributed by atoms with Gasteiger partial charge < -0.3 is 15.1 Å². The number of nitrogens with zero attached hydrogens (tertiary/aromatic N) is 4. The molecule has 0 bridgehead atoms. The maximum atomic E-state index is 14.2. The normalized spacial score (nSPS) is 13.7. The number of halogens is 1. The van der Waals surface area contributed by atoms with Crippen molar-refractivity contribution in [1.29, 1.82) is 0 Å². The average molecular weight is 480 g/mol. The van der Waals surface area contributed by atoms with Gasteiger partial charge in [0.2, 0.25) is 0 Å². The van der Waals surface area contributed by atoms with E-state index in [0.29, 0.717) is 23.5 Å². The van der Waals surface area contributed by atoms with Gasteiger partial charge in [-0.15, -0.1) is 0 Å². The molecule has 0 radical (unpaired) electrons. The highest BCUT2D eigenvalue weighted by molar-refractivity contribution is 7.98. The molecule has 0 atom stereocenters. The summed E-state index contributed by atoms with van der Waals surface area (Å²) in [6.07, 6.45) is 0.824. The first-order valence-corrected chi connectivity index (χ1v) is 12.7. The summed E-state index contributed by atoms with van der Waals surface area (Å²) < 4.78 is 14.2. The Hall–Kier alpha value is -3.13. The van der Waals surface area contributed by atoms with Gasteiger partial charge in [-0.25, -0.2) is 14.4 Å². The van der Waals surface area contributed by atoms with Crippen LogP contribution in [0.2, 0.25) is 0 Å². The second-order valence-electron chi connectivity index (χ2n) is 8.13. The number of piperazine rings is 1. The summed E-state index contributed by atoms with van der Waals surface area (Å²) >= 11 is 1.57. The fourth-order valence-corrected chi connectivity index (χ4v) is 4.78. The molecule has 0 spiro atoms. The summed E-state index contributed by atoms with van der Waals surface area (Å²) in [6.45, 7) is 7.62. The summed E-state index contributed by atoms with van der Waals surface area (Å²) in [6, 6.07) is 16.7. The number of aryl methyl sites for hydroxylation is 1. The van der Waals surface area contributed by atoms with Crippen molar-refractivity contribution >= 4 is 29.2 Å². The van der Waals surface area contributed by atoms with Crippen LogP contribution >= 0.6 is 11.8 Å². The Labute approximate surface area is 204 Å². The zero-order valence-corrected chi connectivity index (χ0v) is 20.4. The lowest BCUT2D eigenvalue weighted by molar-refractivity contribution is 0.0955. The predicted molar refractivity (Wildman–Crippen MR) is 136 cm³/mol. The Bertz CT molecular complexity index is 1130. The highest BCUT2D eigenvalue weighted by atomic mass is 32.2. The number of carbonyl (C=O) groups excluding carboxylic acids is 1. The van der Waals surface area contributed by atoms with E-state index >= 15 is 0 Å². The fraction of sp³-hybridized carbons (Fsp3) is 0.346. The Morgan fingerprint density at radius 1 is 1.00 bits per heavy atom. The number of amides is 1. The molecule has 6 nitrogen and oxygen atoms in total. The molecule has 2 heterocycles. The van der Waals surface area contributed by atoms with Crippen LogP contribution in [-0.4, -0.2) is 48.6 Å². The van der Waals surface area contributed by atoms with Crippen molar-refractivity contribution in [2.24, 2.45) is 0 Å². The molecule has 1 aliphatic heterocycles. The molecule has 178 valence electrons. The van der Waals surface area contributed by atoms with E-state index in [4.69, 9.17) is 9.97 Å². The Balaban J connectivity index is 1.43. The van der Waals surface area contributed by atoms with E-state index in [1.165, 1.54) is 6.07 Å². The summed E-state index contributed by atoms with van der Waals surface area (Å²) in [5.41, 5.74) is 3.38. The van der Waals surface area contributed by atoms with Crippen LogP contribution in [0.15, 0.2) is 59.8 Å². The molecule has 34 heavy (non-hydrogen) atoms. The van der Waals surface area contributed by atoms with Crippen molar-refractivity contribution in [3.8, 4) is 0 Å². The molecule has 0 saturated carbocycles. The smallest absolute Gasteiger partial charge is 0.251 e. The molecule has 1 aromatic heterocycles. The van der Waals surface area contributed by atoms with Gasteiger partial charge in [0.15, 0.2) is 5.16 Å². The number of hydrogen-bond donors (Lipinski definition) is 1. The molecule has 1 fully saturated rings. The molecule has 1 N–H and O–H groups in total. The molecule has 1 amide bonds. The van der Waals surface area contributed by atoms with Crippen LogP contribution in [0, 0.1) is 5.82 Å². The van der Waals surface area contributed by atoms with Crippen molar-refractivity contribution in [3.63, 3.8) is 0 Å². The van der Waals surface area contributed by atoms with Crippen molar-refractivity contribution in [3.05, 3.63) is 77.2 Å². The van der Waals surface area contributed by atoms with Gasteiger partial charge in [-0.3, -0.25) is 4.79 Å². The molecule has 3 aromatic rings. The highest BCUT2D eigenvalue weighted by Crippen LogP contribution is 2.26. The molecule has 1 saturated heterocycles. The number of thioether (sulfide) groups is 1. The third kappa shape index (κ3) is 5.86. The summed E-state index contributed by atoms with van der Waals surface area (Å²) in [5.74, 6) is 1.36.